The number of halogens is 3. The molecule has 2 aromatic rings. The first-order chi connectivity index (χ1) is 7.66. The molecule has 1 heterocycles. The highest BCUT2D eigenvalue weighted by atomic mass is 19.2. The van der Waals surface area contributed by atoms with Crippen molar-refractivity contribution in [2.24, 2.45) is 0 Å². The van der Waals surface area contributed by atoms with Gasteiger partial charge in [-0.05, 0) is 0 Å². The van der Waals surface area contributed by atoms with Crippen LogP contribution in [0.15, 0.2) is 29.1 Å². The van der Waals surface area contributed by atoms with Crippen LogP contribution >= 0.6 is 0 Å². The van der Waals surface area contributed by atoms with E-state index in [4.69, 9.17) is 0 Å². The molecule has 0 bridgehead atoms. The molecule has 0 amide bonds. The Bertz CT molecular complexity index is 485. The molecule has 1 aromatic heterocycles. The molecular formula is C10H7F3N2O. The molecular weight excluding hydrogens is 221 g/mol. The lowest BCUT2D eigenvalue weighted by Crippen LogP contribution is -2.02. The Balaban J connectivity index is 2.12. The smallest absolute Gasteiger partial charge is 0.161 e. The van der Waals surface area contributed by atoms with Crippen LogP contribution < -0.4 is 5.32 Å². The predicted molar refractivity (Wildman–Crippen MR) is 50.1 cm³/mol. The summed E-state index contributed by atoms with van der Waals surface area (Å²) >= 11 is 0. The minimum Gasteiger partial charge on any atom is -0.378 e. The van der Waals surface area contributed by atoms with Crippen LogP contribution in [0.25, 0.3) is 0 Å². The molecule has 0 aliphatic rings. The van der Waals surface area contributed by atoms with Crippen LogP contribution in [0.3, 0.4) is 0 Å². The lowest BCUT2D eigenvalue weighted by molar-refractivity contribution is 0.419. The molecule has 0 aliphatic heterocycles. The summed E-state index contributed by atoms with van der Waals surface area (Å²) in [6.07, 6.45) is 2.80. The molecule has 0 saturated carbocycles. The van der Waals surface area contributed by atoms with Gasteiger partial charge >= 0.3 is 0 Å². The summed E-state index contributed by atoms with van der Waals surface area (Å²) in [7, 11) is 0. The van der Waals surface area contributed by atoms with E-state index in [2.05, 4.69) is 15.0 Å². The molecule has 84 valence electrons. The van der Waals surface area contributed by atoms with Gasteiger partial charge in [-0.15, -0.1) is 0 Å². The van der Waals surface area contributed by atoms with Crippen LogP contribution in [0.5, 0.6) is 0 Å². The van der Waals surface area contributed by atoms with Crippen LogP contribution in [0.2, 0.25) is 0 Å². The maximum Gasteiger partial charge on any atom is 0.161 e. The monoisotopic (exact) mass is 228 g/mol. The summed E-state index contributed by atoms with van der Waals surface area (Å²) in [5.41, 5.74) is 0.559. The Morgan fingerprint density at radius 3 is 2.56 bits per heavy atom. The fourth-order valence-corrected chi connectivity index (χ4v) is 1.17. The molecule has 16 heavy (non-hydrogen) atoms. The summed E-state index contributed by atoms with van der Waals surface area (Å²) < 4.78 is 43.1. The van der Waals surface area contributed by atoms with Crippen molar-refractivity contribution in [1.82, 2.24) is 5.16 Å². The van der Waals surface area contributed by atoms with Crippen molar-refractivity contribution < 1.29 is 17.7 Å². The number of hydrogen-bond donors (Lipinski definition) is 1. The summed E-state index contributed by atoms with van der Waals surface area (Å²) in [4.78, 5) is 0. The molecule has 0 spiro atoms. The molecule has 2 rings (SSSR count). The molecule has 0 fully saturated rings. The van der Waals surface area contributed by atoms with Gasteiger partial charge in [-0.25, -0.2) is 13.2 Å². The van der Waals surface area contributed by atoms with Crippen molar-refractivity contribution in [3.8, 4) is 0 Å². The van der Waals surface area contributed by atoms with Gasteiger partial charge in [-0.1, -0.05) is 5.16 Å². The van der Waals surface area contributed by atoms with Crippen LogP contribution in [-0.2, 0) is 6.54 Å². The van der Waals surface area contributed by atoms with E-state index in [1.165, 1.54) is 12.5 Å². The van der Waals surface area contributed by atoms with Crippen LogP contribution in [0, 0.1) is 17.5 Å². The second-order valence-corrected chi connectivity index (χ2v) is 3.13. The Morgan fingerprint density at radius 1 is 1.12 bits per heavy atom. The highest BCUT2D eigenvalue weighted by molar-refractivity contribution is 5.45. The fraction of sp³-hybridized carbons (Fsp3) is 0.100. The van der Waals surface area contributed by atoms with Crippen LogP contribution in [0.1, 0.15) is 5.56 Å². The van der Waals surface area contributed by atoms with Crippen molar-refractivity contribution in [2.45, 2.75) is 6.54 Å². The van der Waals surface area contributed by atoms with Crippen molar-refractivity contribution in [3.05, 3.63) is 47.6 Å². The van der Waals surface area contributed by atoms with Gasteiger partial charge < -0.3 is 9.84 Å². The zero-order valence-corrected chi connectivity index (χ0v) is 8.01. The molecule has 0 aliphatic carbocycles. The normalized spacial score (nSPS) is 10.4. The predicted octanol–water partition coefficient (Wildman–Crippen LogP) is 2.70. The molecule has 0 atom stereocenters. The zero-order chi connectivity index (χ0) is 11.5. The van der Waals surface area contributed by atoms with E-state index in [-0.39, 0.29) is 12.2 Å². The second kappa shape index (κ2) is 4.26. The van der Waals surface area contributed by atoms with Crippen molar-refractivity contribution in [3.63, 3.8) is 0 Å². The Morgan fingerprint density at radius 2 is 1.88 bits per heavy atom. The van der Waals surface area contributed by atoms with Gasteiger partial charge in [0.2, 0.25) is 0 Å². The topological polar surface area (TPSA) is 38.1 Å². The second-order valence-electron chi connectivity index (χ2n) is 3.13. The van der Waals surface area contributed by atoms with Gasteiger partial charge in [0.1, 0.15) is 12.1 Å². The van der Waals surface area contributed by atoms with E-state index in [1.54, 1.807) is 0 Å². The SMILES string of the molecule is Fc1cc(F)c(NCc2cnoc2)cc1F. The minimum absolute atomic E-state index is 0.111. The average molecular weight is 228 g/mol. The summed E-state index contributed by atoms with van der Waals surface area (Å²) in [5.74, 6) is -3.17. The number of nitrogens with zero attached hydrogens (tertiary/aromatic N) is 1. The van der Waals surface area contributed by atoms with Gasteiger partial charge in [0.25, 0.3) is 0 Å². The molecule has 1 N–H and O–H groups in total. The standard InChI is InChI=1S/C10H7F3N2O/c11-7-1-9(13)10(2-8(7)12)14-3-6-4-15-16-5-6/h1-2,4-5,14H,3H2. The first kappa shape index (κ1) is 10.5. The van der Waals surface area contributed by atoms with E-state index < -0.39 is 17.5 Å². The molecule has 6 heteroatoms. The number of aromatic nitrogens is 1. The Labute approximate surface area is 88.9 Å². The third kappa shape index (κ3) is 2.16. The largest absolute Gasteiger partial charge is 0.378 e. The van der Waals surface area contributed by atoms with Gasteiger partial charge in [-0.3, -0.25) is 0 Å². The minimum atomic E-state index is -1.21. The summed E-state index contributed by atoms with van der Waals surface area (Å²) in [5, 5.41) is 6.05. The third-order valence-corrected chi connectivity index (χ3v) is 1.98. The van der Waals surface area contributed by atoms with Gasteiger partial charge in [0, 0.05) is 24.2 Å². The van der Waals surface area contributed by atoms with E-state index >= 15 is 0 Å². The van der Waals surface area contributed by atoms with Crippen LogP contribution in [0.4, 0.5) is 18.9 Å². The van der Waals surface area contributed by atoms with Gasteiger partial charge in [0.15, 0.2) is 11.6 Å². The first-order valence-electron chi connectivity index (χ1n) is 4.43. The van der Waals surface area contributed by atoms with Crippen molar-refractivity contribution in [1.29, 1.82) is 0 Å². The lowest BCUT2D eigenvalue weighted by atomic mass is 10.2. The fourth-order valence-electron chi connectivity index (χ4n) is 1.17. The Kier molecular flexibility index (Phi) is 2.80. The van der Waals surface area contributed by atoms with Gasteiger partial charge in [0.05, 0.1) is 11.9 Å². The molecule has 0 radical (unpaired) electrons. The van der Waals surface area contributed by atoms with Crippen molar-refractivity contribution in [2.75, 3.05) is 5.32 Å². The quantitative estimate of drug-likeness (QED) is 0.821. The summed E-state index contributed by atoms with van der Waals surface area (Å²) in [6, 6.07) is 1.25. The number of anilines is 1. The number of nitrogens with one attached hydrogen (secondary N) is 1. The molecule has 1 aromatic carbocycles. The average Bonchev–Trinajstić information content (AvgIpc) is 2.74. The number of rotatable bonds is 3. The van der Waals surface area contributed by atoms with E-state index in [0.29, 0.717) is 11.6 Å². The molecule has 3 nitrogen and oxygen atoms in total. The van der Waals surface area contributed by atoms with Crippen molar-refractivity contribution >= 4 is 5.69 Å². The highest BCUT2D eigenvalue weighted by Gasteiger charge is 2.09. The maximum atomic E-state index is 13.2. The highest BCUT2D eigenvalue weighted by Crippen LogP contribution is 2.18. The Hall–Kier alpha value is -1.98. The first-order valence-corrected chi connectivity index (χ1v) is 4.43. The maximum absolute atomic E-state index is 13.2. The van der Waals surface area contributed by atoms with Crippen LogP contribution in [-0.4, -0.2) is 5.16 Å². The summed E-state index contributed by atoms with van der Waals surface area (Å²) in [6.45, 7) is 0.214. The van der Waals surface area contributed by atoms with E-state index in [9.17, 15) is 13.2 Å². The lowest BCUT2D eigenvalue weighted by Gasteiger charge is -2.06. The third-order valence-electron chi connectivity index (χ3n) is 1.98. The molecule has 0 saturated heterocycles. The zero-order valence-electron chi connectivity index (χ0n) is 8.01. The van der Waals surface area contributed by atoms with Gasteiger partial charge in [-0.2, -0.15) is 0 Å². The number of benzene rings is 1. The van der Waals surface area contributed by atoms with E-state index in [1.807, 2.05) is 0 Å². The van der Waals surface area contributed by atoms with E-state index in [0.717, 1.165) is 6.07 Å². The molecule has 0 unspecified atom stereocenters. The number of hydrogen-bond acceptors (Lipinski definition) is 3.